The Morgan fingerprint density at radius 2 is 2.00 bits per heavy atom. The lowest BCUT2D eigenvalue weighted by Gasteiger charge is -2.44. The average Bonchev–Trinajstić information content (AvgIpc) is 3.49. The third-order valence-corrected chi connectivity index (χ3v) is 7.96. The summed E-state index contributed by atoms with van der Waals surface area (Å²) in [7, 11) is 0. The van der Waals surface area contributed by atoms with Crippen LogP contribution in [-0.4, -0.2) is 56.9 Å². The summed E-state index contributed by atoms with van der Waals surface area (Å²) < 4.78 is 82.8. The van der Waals surface area contributed by atoms with Crippen LogP contribution in [-0.2, 0) is 22.6 Å². The number of fused-ring (bicyclic) bond motifs is 1. The van der Waals surface area contributed by atoms with Crippen LogP contribution >= 0.6 is 11.9 Å². The van der Waals surface area contributed by atoms with E-state index in [1.807, 2.05) is 11.0 Å². The van der Waals surface area contributed by atoms with Crippen molar-refractivity contribution >= 4 is 11.9 Å². The van der Waals surface area contributed by atoms with E-state index in [0.717, 1.165) is 41.6 Å². The van der Waals surface area contributed by atoms with E-state index in [0.29, 0.717) is 18.5 Å². The van der Waals surface area contributed by atoms with Crippen molar-refractivity contribution in [1.82, 2.24) is 14.1 Å². The van der Waals surface area contributed by atoms with Crippen molar-refractivity contribution in [3.63, 3.8) is 0 Å². The third-order valence-electron chi connectivity index (χ3n) is 6.74. The summed E-state index contributed by atoms with van der Waals surface area (Å²) in [5.74, 6) is -1.62. The van der Waals surface area contributed by atoms with Crippen molar-refractivity contribution < 1.29 is 31.4 Å². The van der Waals surface area contributed by atoms with E-state index < -0.39 is 42.1 Å². The second-order valence-corrected chi connectivity index (χ2v) is 10.3. The van der Waals surface area contributed by atoms with Gasteiger partial charge in [-0.15, -0.1) is 0 Å². The molecule has 34 heavy (non-hydrogen) atoms. The first kappa shape index (κ1) is 24.0. The van der Waals surface area contributed by atoms with Crippen molar-refractivity contribution in [2.75, 3.05) is 13.2 Å². The van der Waals surface area contributed by atoms with Gasteiger partial charge in [0.05, 0.1) is 23.2 Å². The zero-order valence-electron chi connectivity index (χ0n) is 18.4. The van der Waals surface area contributed by atoms with Crippen molar-refractivity contribution in [3.05, 3.63) is 52.3 Å². The average molecular weight is 505 g/mol. The predicted molar refractivity (Wildman–Crippen MR) is 115 cm³/mol. The summed E-state index contributed by atoms with van der Waals surface area (Å²) in [6.07, 6.45) is -7.46. The molecule has 0 saturated carbocycles. The molecular weight excluding hydrogens is 479 g/mol. The van der Waals surface area contributed by atoms with E-state index in [1.54, 1.807) is 16.8 Å². The maximum Gasteiger partial charge on any atom is 0.416 e. The second-order valence-electron chi connectivity index (χ2n) is 9.03. The van der Waals surface area contributed by atoms with Crippen molar-refractivity contribution in [1.29, 1.82) is 0 Å². The molecule has 3 aliphatic heterocycles. The summed E-state index contributed by atoms with van der Waals surface area (Å²) in [6, 6.07) is 0.607. The molecule has 0 bridgehead atoms. The summed E-state index contributed by atoms with van der Waals surface area (Å²) in [4.78, 5) is 1.68. The Morgan fingerprint density at radius 1 is 1.21 bits per heavy atom. The van der Waals surface area contributed by atoms with E-state index in [4.69, 9.17) is 15.2 Å². The summed E-state index contributed by atoms with van der Waals surface area (Å²) in [5, 5.41) is 4.93. The molecule has 5 atom stereocenters. The quantitative estimate of drug-likeness (QED) is 0.638. The fourth-order valence-electron chi connectivity index (χ4n) is 4.98. The van der Waals surface area contributed by atoms with E-state index in [2.05, 4.69) is 5.10 Å². The molecule has 2 saturated heterocycles. The van der Waals surface area contributed by atoms with Gasteiger partial charge in [0.15, 0.2) is 6.10 Å². The van der Waals surface area contributed by atoms with Gasteiger partial charge in [0, 0.05) is 42.9 Å². The molecule has 1 aromatic heterocycles. The third kappa shape index (κ3) is 4.46. The first-order valence-electron chi connectivity index (χ1n) is 11.1. The number of halogens is 5. The Morgan fingerprint density at radius 3 is 2.68 bits per heavy atom. The van der Waals surface area contributed by atoms with E-state index >= 15 is 0 Å². The molecule has 4 heterocycles. The van der Waals surface area contributed by atoms with Crippen LogP contribution in [0.1, 0.15) is 41.5 Å². The SMILES string of the molecule is Cc1c2c(nn1SC1CCOC1)CN(C1CC(N)[C@@H](c3cc(F)ccc3F)OC1C(F)(F)F)C2. The number of hydrogen-bond acceptors (Lipinski definition) is 6. The normalized spacial score (nSPS) is 30.1. The lowest BCUT2D eigenvalue weighted by atomic mass is 9.89. The van der Waals surface area contributed by atoms with E-state index in [9.17, 15) is 22.0 Å². The van der Waals surface area contributed by atoms with Crippen LogP contribution in [0.4, 0.5) is 22.0 Å². The fourth-order valence-corrected chi connectivity index (χ4v) is 6.03. The second kappa shape index (κ2) is 9.05. The van der Waals surface area contributed by atoms with Crippen LogP contribution in [0.25, 0.3) is 0 Å². The number of alkyl halides is 3. The van der Waals surface area contributed by atoms with Gasteiger partial charge in [-0.3, -0.25) is 4.90 Å². The minimum atomic E-state index is -4.71. The zero-order valence-corrected chi connectivity index (χ0v) is 19.2. The number of benzene rings is 1. The number of nitrogens with zero attached hydrogens (tertiary/aromatic N) is 3. The Kier molecular flexibility index (Phi) is 6.38. The maximum atomic E-state index is 14.3. The van der Waals surface area contributed by atoms with Gasteiger partial charge < -0.3 is 15.2 Å². The van der Waals surface area contributed by atoms with E-state index in [-0.39, 0.29) is 25.1 Å². The van der Waals surface area contributed by atoms with Gasteiger partial charge >= 0.3 is 6.18 Å². The van der Waals surface area contributed by atoms with Crippen LogP contribution in [0.3, 0.4) is 0 Å². The summed E-state index contributed by atoms with van der Waals surface area (Å²) in [5.41, 5.74) is 8.41. The Labute approximate surface area is 197 Å². The van der Waals surface area contributed by atoms with Gasteiger partial charge in [-0.05, 0) is 49.9 Å². The van der Waals surface area contributed by atoms with Crippen molar-refractivity contribution in [2.45, 2.75) is 68.6 Å². The van der Waals surface area contributed by atoms with Gasteiger partial charge in [0.1, 0.15) is 17.7 Å². The van der Waals surface area contributed by atoms with Crippen LogP contribution in [0.15, 0.2) is 18.2 Å². The molecule has 4 unspecified atom stereocenters. The Hall–Kier alpha value is -1.73. The monoisotopic (exact) mass is 504 g/mol. The smallest absolute Gasteiger partial charge is 0.380 e. The van der Waals surface area contributed by atoms with Gasteiger partial charge in [0.25, 0.3) is 0 Å². The number of ether oxygens (including phenoxy) is 2. The summed E-state index contributed by atoms with van der Waals surface area (Å²) >= 11 is 1.58. The molecule has 0 aliphatic carbocycles. The van der Waals surface area contributed by atoms with Crippen LogP contribution < -0.4 is 5.73 Å². The zero-order chi connectivity index (χ0) is 24.2. The molecule has 2 N–H and O–H groups in total. The molecule has 2 fully saturated rings. The van der Waals surface area contributed by atoms with E-state index in [1.165, 1.54) is 0 Å². The minimum Gasteiger partial charge on any atom is -0.380 e. The van der Waals surface area contributed by atoms with Crippen molar-refractivity contribution in [2.24, 2.45) is 5.73 Å². The standard InChI is InChI=1S/C22H25F5N4O2S/c1-11-15-8-30(9-18(15)29-31(11)34-13-4-5-32-10-13)19-7-17(28)20(33-21(19)22(25,26)27)14-6-12(23)2-3-16(14)24/h2-3,6,13,17,19-21H,4-5,7-10,28H2,1H3/t13?,17?,19?,20-,21?/m1/s1. The molecule has 3 aliphatic rings. The first-order chi connectivity index (χ1) is 16.1. The molecule has 0 amide bonds. The molecule has 2 aromatic rings. The minimum absolute atomic E-state index is 0.0811. The number of rotatable bonds is 4. The topological polar surface area (TPSA) is 65.5 Å². The highest BCUT2D eigenvalue weighted by Gasteiger charge is 2.54. The largest absolute Gasteiger partial charge is 0.416 e. The number of nitrogens with two attached hydrogens (primary N) is 1. The molecule has 186 valence electrons. The molecule has 0 radical (unpaired) electrons. The Bertz CT molecular complexity index is 1060. The fraction of sp³-hybridized carbons (Fsp3) is 0.591. The van der Waals surface area contributed by atoms with Crippen LogP contribution in [0.2, 0.25) is 0 Å². The highest BCUT2D eigenvalue weighted by atomic mass is 32.2. The molecule has 1 aromatic carbocycles. The van der Waals surface area contributed by atoms with Gasteiger partial charge in [0.2, 0.25) is 0 Å². The molecule has 5 rings (SSSR count). The van der Waals surface area contributed by atoms with Gasteiger partial charge in [-0.25, -0.2) is 12.9 Å². The van der Waals surface area contributed by atoms with Crippen molar-refractivity contribution in [3.8, 4) is 0 Å². The molecule has 12 heteroatoms. The first-order valence-corrected chi connectivity index (χ1v) is 11.9. The highest BCUT2D eigenvalue weighted by molar-refractivity contribution is 7.98. The van der Waals surface area contributed by atoms with Crippen LogP contribution in [0, 0.1) is 18.6 Å². The lowest BCUT2D eigenvalue weighted by Crippen LogP contribution is -2.58. The van der Waals surface area contributed by atoms with Gasteiger partial charge in [-0.1, -0.05) is 0 Å². The molecular formula is C22H25F5N4O2S. The maximum absolute atomic E-state index is 14.3. The Balaban J connectivity index is 1.36. The summed E-state index contributed by atoms with van der Waals surface area (Å²) in [6.45, 7) is 3.79. The molecule has 6 nitrogen and oxygen atoms in total. The number of aromatic nitrogens is 2. The lowest BCUT2D eigenvalue weighted by molar-refractivity contribution is -0.269. The highest BCUT2D eigenvalue weighted by Crippen LogP contribution is 2.43. The predicted octanol–water partition coefficient (Wildman–Crippen LogP) is 3.86. The van der Waals surface area contributed by atoms with Gasteiger partial charge in [-0.2, -0.15) is 18.3 Å². The molecule has 0 spiro atoms. The van der Waals surface area contributed by atoms with Crippen LogP contribution in [0.5, 0.6) is 0 Å². The number of hydrogen-bond donors (Lipinski definition) is 1.